The third kappa shape index (κ3) is 1.95. The number of nitrogens with two attached hydrogens (primary N) is 1. The van der Waals surface area contributed by atoms with Crippen molar-refractivity contribution in [3.05, 3.63) is 60.2 Å². The minimum Gasteiger partial charge on any atom is -0.370 e. The molecule has 1 heterocycles. The molecule has 1 aliphatic rings. The first-order valence-corrected chi connectivity index (χ1v) is 6.81. The number of likely N-dealkylation sites (N-methyl/N-ethyl adjacent to an activating group) is 1. The number of benzene rings is 2. The van der Waals surface area contributed by atoms with Crippen LogP contribution >= 0.6 is 0 Å². The second-order valence-corrected chi connectivity index (χ2v) is 5.45. The van der Waals surface area contributed by atoms with E-state index in [9.17, 15) is 0 Å². The summed E-state index contributed by atoms with van der Waals surface area (Å²) in [6.45, 7) is 2.88. The van der Waals surface area contributed by atoms with Gasteiger partial charge >= 0.3 is 0 Å². The number of hydrogen-bond acceptors (Lipinski definition) is 3. The van der Waals surface area contributed by atoms with Gasteiger partial charge in [-0.15, -0.1) is 0 Å². The van der Waals surface area contributed by atoms with Crippen LogP contribution < -0.4 is 5.73 Å². The van der Waals surface area contributed by atoms with Crippen LogP contribution in [-0.2, 0) is 5.54 Å². The van der Waals surface area contributed by atoms with E-state index < -0.39 is 0 Å². The highest BCUT2D eigenvalue weighted by Gasteiger charge is 2.36. The Morgan fingerprint density at radius 1 is 1.00 bits per heavy atom. The quantitative estimate of drug-likeness (QED) is 0.907. The van der Waals surface area contributed by atoms with Gasteiger partial charge in [-0.1, -0.05) is 54.6 Å². The number of hydrogen-bond donors (Lipinski definition) is 1. The zero-order chi connectivity index (χ0) is 14.2. The van der Waals surface area contributed by atoms with Crippen molar-refractivity contribution in [2.45, 2.75) is 12.5 Å². The van der Waals surface area contributed by atoms with E-state index in [0.29, 0.717) is 12.5 Å². The molecule has 0 radical (unpaired) electrons. The number of nitrogens with zero attached hydrogens (tertiary/aromatic N) is 2. The van der Waals surface area contributed by atoms with Gasteiger partial charge in [-0.05, 0) is 23.6 Å². The maximum absolute atomic E-state index is 5.89. The van der Waals surface area contributed by atoms with Gasteiger partial charge in [0.2, 0.25) is 0 Å². The van der Waals surface area contributed by atoms with E-state index in [1.54, 1.807) is 0 Å². The molecule has 20 heavy (non-hydrogen) atoms. The molecule has 2 aromatic carbocycles. The lowest BCUT2D eigenvalue weighted by molar-refractivity contribution is 0.267. The lowest BCUT2D eigenvalue weighted by Crippen LogP contribution is -2.44. The molecule has 1 unspecified atom stereocenters. The van der Waals surface area contributed by atoms with Crippen molar-refractivity contribution in [1.82, 2.24) is 4.90 Å². The molecule has 0 spiro atoms. The highest BCUT2D eigenvalue weighted by molar-refractivity contribution is 5.81. The Kier molecular flexibility index (Phi) is 2.97. The SMILES string of the molecule is CN1C(N)=NCC1(C)c1ccc(-c2ccccc2)cc1. The third-order valence-corrected chi connectivity index (χ3v) is 4.25. The first-order valence-electron chi connectivity index (χ1n) is 6.81. The Morgan fingerprint density at radius 2 is 1.60 bits per heavy atom. The topological polar surface area (TPSA) is 41.6 Å². The smallest absolute Gasteiger partial charge is 0.191 e. The van der Waals surface area contributed by atoms with Crippen molar-refractivity contribution in [1.29, 1.82) is 0 Å². The van der Waals surface area contributed by atoms with Crippen LogP contribution in [0.5, 0.6) is 0 Å². The first-order chi connectivity index (χ1) is 9.61. The highest BCUT2D eigenvalue weighted by Crippen LogP contribution is 2.32. The average molecular weight is 265 g/mol. The van der Waals surface area contributed by atoms with Crippen LogP contribution in [0.15, 0.2) is 59.6 Å². The maximum atomic E-state index is 5.89. The highest BCUT2D eigenvalue weighted by atomic mass is 15.3. The molecule has 2 aromatic rings. The molecule has 0 saturated heterocycles. The molecule has 1 atom stereocenters. The molecule has 0 saturated carbocycles. The predicted molar refractivity (Wildman–Crippen MR) is 83.5 cm³/mol. The number of aliphatic imine (C=N–C) groups is 1. The largest absolute Gasteiger partial charge is 0.370 e. The van der Waals surface area contributed by atoms with Gasteiger partial charge in [0.25, 0.3) is 0 Å². The molecule has 3 rings (SSSR count). The number of rotatable bonds is 2. The van der Waals surface area contributed by atoms with Crippen LogP contribution in [0.2, 0.25) is 0 Å². The summed E-state index contributed by atoms with van der Waals surface area (Å²) in [5.74, 6) is 0.611. The van der Waals surface area contributed by atoms with Gasteiger partial charge in [-0.25, -0.2) is 0 Å². The summed E-state index contributed by atoms with van der Waals surface area (Å²) in [6, 6.07) is 19.1. The van der Waals surface area contributed by atoms with Crippen LogP contribution in [0.25, 0.3) is 11.1 Å². The van der Waals surface area contributed by atoms with Crippen LogP contribution in [0.1, 0.15) is 12.5 Å². The van der Waals surface area contributed by atoms with Gasteiger partial charge < -0.3 is 10.6 Å². The van der Waals surface area contributed by atoms with Crippen molar-refractivity contribution < 1.29 is 0 Å². The Labute approximate surface area is 119 Å². The van der Waals surface area contributed by atoms with Crippen molar-refractivity contribution >= 4 is 5.96 Å². The van der Waals surface area contributed by atoms with Gasteiger partial charge in [0.1, 0.15) is 0 Å². The summed E-state index contributed by atoms with van der Waals surface area (Å²) in [4.78, 5) is 6.39. The van der Waals surface area contributed by atoms with E-state index in [1.807, 2.05) is 18.0 Å². The first kappa shape index (κ1) is 12.7. The summed E-state index contributed by atoms with van der Waals surface area (Å²) >= 11 is 0. The van der Waals surface area contributed by atoms with Crippen molar-refractivity contribution in [2.24, 2.45) is 10.7 Å². The van der Waals surface area contributed by atoms with Gasteiger partial charge in [0.05, 0.1) is 12.1 Å². The monoisotopic (exact) mass is 265 g/mol. The normalized spacial score (nSPS) is 21.9. The van der Waals surface area contributed by atoms with Crippen molar-refractivity contribution in [3.63, 3.8) is 0 Å². The molecule has 3 heteroatoms. The minimum atomic E-state index is -0.140. The van der Waals surface area contributed by atoms with Crippen LogP contribution in [0, 0.1) is 0 Å². The molecule has 0 aliphatic carbocycles. The third-order valence-electron chi connectivity index (χ3n) is 4.25. The molecule has 0 fully saturated rings. The second-order valence-electron chi connectivity index (χ2n) is 5.45. The van der Waals surface area contributed by atoms with Gasteiger partial charge in [-0.2, -0.15) is 0 Å². The Hall–Kier alpha value is -2.29. The fourth-order valence-electron chi connectivity index (χ4n) is 2.64. The van der Waals surface area contributed by atoms with E-state index in [-0.39, 0.29) is 5.54 Å². The van der Waals surface area contributed by atoms with Crippen LogP contribution in [0.4, 0.5) is 0 Å². The van der Waals surface area contributed by atoms with E-state index >= 15 is 0 Å². The van der Waals surface area contributed by atoms with Crippen molar-refractivity contribution in [3.8, 4) is 11.1 Å². The standard InChI is InChI=1S/C17H19N3/c1-17(12-19-16(18)20(17)2)15-10-8-14(9-11-15)13-6-4-3-5-7-13/h3-11H,12H2,1-2H3,(H2,18,19). The Bertz CT molecular complexity index is 631. The van der Waals surface area contributed by atoms with Gasteiger partial charge in [0, 0.05) is 7.05 Å². The van der Waals surface area contributed by atoms with Gasteiger partial charge in [-0.3, -0.25) is 4.99 Å². The van der Waals surface area contributed by atoms with E-state index in [4.69, 9.17) is 5.73 Å². The maximum Gasteiger partial charge on any atom is 0.191 e. The molecule has 0 amide bonds. The molecule has 3 nitrogen and oxygen atoms in total. The summed E-state index contributed by atoms with van der Waals surface area (Å²) < 4.78 is 0. The predicted octanol–water partition coefficient (Wildman–Crippen LogP) is 2.83. The Morgan fingerprint density at radius 3 is 2.15 bits per heavy atom. The minimum absolute atomic E-state index is 0.140. The lowest BCUT2D eigenvalue weighted by Gasteiger charge is -2.33. The van der Waals surface area contributed by atoms with Crippen LogP contribution in [0.3, 0.4) is 0 Å². The lowest BCUT2D eigenvalue weighted by atomic mass is 9.90. The van der Waals surface area contributed by atoms with E-state index in [2.05, 4.69) is 60.4 Å². The summed E-state index contributed by atoms with van der Waals surface area (Å²) in [5.41, 5.74) is 9.45. The fourth-order valence-corrected chi connectivity index (χ4v) is 2.64. The summed E-state index contributed by atoms with van der Waals surface area (Å²) in [7, 11) is 2.00. The second kappa shape index (κ2) is 4.67. The molecular weight excluding hydrogens is 246 g/mol. The van der Waals surface area contributed by atoms with Crippen molar-refractivity contribution in [2.75, 3.05) is 13.6 Å². The zero-order valence-electron chi connectivity index (χ0n) is 11.9. The molecule has 1 aliphatic heterocycles. The Balaban J connectivity index is 1.91. The molecular formula is C17H19N3. The molecule has 0 aromatic heterocycles. The summed E-state index contributed by atoms with van der Waals surface area (Å²) in [5, 5.41) is 0. The molecule has 2 N–H and O–H groups in total. The average Bonchev–Trinajstić information content (AvgIpc) is 2.77. The summed E-state index contributed by atoms with van der Waals surface area (Å²) in [6.07, 6.45) is 0. The van der Waals surface area contributed by atoms with Crippen LogP contribution in [-0.4, -0.2) is 24.5 Å². The molecule has 0 bridgehead atoms. The van der Waals surface area contributed by atoms with E-state index in [0.717, 1.165) is 0 Å². The fraction of sp³-hybridized carbons (Fsp3) is 0.235. The number of guanidine groups is 1. The molecule has 102 valence electrons. The van der Waals surface area contributed by atoms with E-state index in [1.165, 1.54) is 16.7 Å². The van der Waals surface area contributed by atoms with Gasteiger partial charge in [0.15, 0.2) is 5.96 Å². The zero-order valence-corrected chi connectivity index (χ0v) is 11.9.